The van der Waals surface area contributed by atoms with Gasteiger partial charge >= 0.3 is 0 Å². The number of hydrogen-bond acceptors (Lipinski definition) is 6. The van der Waals surface area contributed by atoms with Crippen molar-refractivity contribution in [2.24, 2.45) is 5.10 Å². The summed E-state index contributed by atoms with van der Waals surface area (Å²) in [6.07, 6.45) is 11.8. The van der Waals surface area contributed by atoms with Crippen molar-refractivity contribution in [2.75, 3.05) is 23.4 Å². The highest BCUT2D eigenvalue weighted by molar-refractivity contribution is 5.99. The van der Waals surface area contributed by atoms with Crippen LogP contribution in [0.4, 0.5) is 11.6 Å². The lowest BCUT2D eigenvalue weighted by Crippen LogP contribution is -2.30. The predicted molar refractivity (Wildman–Crippen MR) is 134 cm³/mol. The number of piperidine rings is 1. The number of benzene rings is 1. The summed E-state index contributed by atoms with van der Waals surface area (Å²) in [6, 6.07) is 10.3. The van der Waals surface area contributed by atoms with E-state index in [1.165, 1.54) is 19.3 Å². The molecule has 3 aromatic rings. The third kappa shape index (κ3) is 5.36. The summed E-state index contributed by atoms with van der Waals surface area (Å²) >= 11 is 0. The molecule has 2 saturated heterocycles. The molecule has 7 nitrogen and oxygen atoms in total. The van der Waals surface area contributed by atoms with Gasteiger partial charge in [0.25, 0.3) is 0 Å². The Morgan fingerprint density at radius 3 is 2.88 bits per heavy atom. The molecule has 0 spiro atoms. The van der Waals surface area contributed by atoms with Crippen molar-refractivity contribution in [1.82, 2.24) is 15.0 Å². The Labute approximate surface area is 195 Å². The molecule has 5 rings (SSSR count). The molecule has 2 aromatic heterocycles. The molecule has 1 aromatic carbocycles. The molecule has 0 radical (unpaired) electrons. The molecular weight excluding hydrogens is 412 g/mol. The van der Waals surface area contributed by atoms with Crippen molar-refractivity contribution in [3.63, 3.8) is 0 Å². The Morgan fingerprint density at radius 2 is 2.06 bits per heavy atom. The standard InChI is InChI=1S/C26H34N6O/c1-26(2)13-12-20(33-26)10-11-23-29-24(16-25(30-23)32-14-6-3-7-15-32)31-28-18-19-17-27-22-9-5-4-8-21(19)22/h4-5,8-9,16-18,20,27H,3,6-7,10-15H2,1-2H3,(H,29,30,31)/b28-18+. The first-order chi connectivity index (χ1) is 16.1. The Balaban J connectivity index is 1.32. The number of aryl methyl sites for hydroxylation is 1. The lowest BCUT2D eigenvalue weighted by atomic mass is 10.0. The summed E-state index contributed by atoms with van der Waals surface area (Å²) in [7, 11) is 0. The molecule has 2 aliphatic heterocycles. The van der Waals surface area contributed by atoms with Gasteiger partial charge in [0.15, 0.2) is 5.82 Å². The molecule has 2 N–H and O–H groups in total. The highest BCUT2D eigenvalue weighted by Gasteiger charge is 2.31. The summed E-state index contributed by atoms with van der Waals surface area (Å²) < 4.78 is 6.18. The van der Waals surface area contributed by atoms with Crippen molar-refractivity contribution in [3.8, 4) is 0 Å². The van der Waals surface area contributed by atoms with Crippen molar-refractivity contribution in [2.45, 2.75) is 70.5 Å². The van der Waals surface area contributed by atoms with Crippen LogP contribution in [0.25, 0.3) is 10.9 Å². The maximum Gasteiger partial charge on any atom is 0.152 e. The number of aromatic nitrogens is 3. The average Bonchev–Trinajstić information content (AvgIpc) is 3.41. The maximum absolute atomic E-state index is 6.18. The van der Waals surface area contributed by atoms with Crippen LogP contribution in [0.2, 0.25) is 0 Å². The Hall–Kier alpha value is -2.93. The Kier molecular flexibility index (Phi) is 6.31. The van der Waals surface area contributed by atoms with Crippen molar-refractivity contribution < 1.29 is 4.74 Å². The molecule has 4 heterocycles. The molecular formula is C26H34N6O. The third-order valence-corrected chi connectivity index (χ3v) is 6.69. The number of fused-ring (bicyclic) bond motifs is 1. The molecule has 174 valence electrons. The van der Waals surface area contributed by atoms with Crippen LogP contribution in [0, 0.1) is 0 Å². The number of ether oxygens (including phenoxy) is 1. The van der Waals surface area contributed by atoms with Crippen molar-refractivity contribution in [3.05, 3.63) is 47.9 Å². The summed E-state index contributed by atoms with van der Waals surface area (Å²) in [6.45, 7) is 6.45. The van der Waals surface area contributed by atoms with Crippen LogP contribution in [-0.4, -0.2) is 46.0 Å². The zero-order valence-electron chi connectivity index (χ0n) is 19.7. The van der Waals surface area contributed by atoms with Gasteiger partial charge in [0.05, 0.1) is 17.9 Å². The fourth-order valence-corrected chi connectivity index (χ4v) is 4.88. The second kappa shape index (κ2) is 9.51. The highest BCUT2D eigenvalue weighted by Crippen LogP contribution is 2.31. The lowest BCUT2D eigenvalue weighted by molar-refractivity contribution is -0.0182. The number of hydrazone groups is 1. The zero-order chi connectivity index (χ0) is 22.7. The number of hydrogen-bond donors (Lipinski definition) is 2. The Bertz CT molecular complexity index is 1110. The van der Waals surface area contributed by atoms with Crippen LogP contribution >= 0.6 is 0 Å². The summed E-state index contributed by atoms with van der Waals surface area (Å²) in [5.74, 6) is 2.60. The van der Waals surface area contributed by atoms with Gasteiger partial charge in [0, 0.05) is 48.2 Å². The second-order valence-corrected chi connectivity index (χ2v) is 9.81. The third-order valence-electron chi connectivity index (χ3n) is 6.69. The van der Waals surface area contributed by atoms with E-state index >= 15 is 0 Å². The van der Waals surface area contributed by atoms with E-state index in [4.69, 9.17) is 14.7 Å². The smallest absolute Gasteiger partial charge is 0.152 e. The van der Waals surface area contributed by atoms with Gasteiger partial charge in [-0.3, -0.25) is 5.43 Å². The van der Waals surface area contributed by atoms with Crippen LogP contribution in [-0.2, 0) is 11.2 Å². The first-order valence-electron chi connectivity index (χ1n) is 12.2. The van der Waals surface area contributed by atoms with Gasteiger partial charge < -0.3 is 14.6 Å². The maximum atomic E-state index is 6.18. The molecule has 2 aliphatic rings. The minimum atomic E-state index is -0.00893. The summed E-state index contributed by atoms with van der Waals surface area (Å²) in [5, 5.41) is 5.64. The van der Waals surface area contributed by atoms with Gasteiger partial charge in [-0.15, -0.1) is 0 Å². The first-order valence-corrected chi connectivity index (χ1v) is 12.2. The second-order valence-electron chi connectivity index (χ2n) is 9.81. The van der Waals surface area contributed by atoms with Gasteiger partial charge in [0.2, 0.25) is 0 Å². The molecule has 1 atom stereocenters. The SMILES string of the molecule is CC1(C)CCC(CCc2nc(N/N=C/c3c[nH]c4ccccc34)cc(N3CCCCC3)n2)O1. The first kappa shape index (κ1) is 21.9. The molecule has 7 heteroatoms. The van der Waals surface area contributed by atoms with Crippen LogP contribution in [0.5, 0.6) is 0 Å². The number of aromatic amines is 1. The van der Waals surface area contributed by atoms with E-state index in [0.717, 1.165) is 72.7 Å². The zero-order valence-corrected chi connectivity index (χ0v) is 19.7. The fraction of sp³-hybridized carbons (Fsp3) is 0.500. The van der Waals surface area contributed by atoms with Crippen LogP contribution in [0.15, 0.2) is 41.6 Å². The number of para-hydroxylation sites is 1. The van der Waals surface area contributed by atoms with Gasteiger partial charge in [-0.25, -0.2) is 9.97 Å². The Morgan fingerprint density at radius 1 is 1.21 bits per heavy atom. The molecule has 1 unspecified atom stereocenters. The van der Waals surface area contributed by atoms with E-state index < -0.39 is 0 Å². The molecule has 0 amide bonds. The quantitative estimate of drug-likeness (QED) is 0.381. The molecule has 0 saturated carbocycles. The van der Waals surface area contributed by atoms with Crippen LogP contribution < -0.4 is 10.3 Å². The molecule has 0 bridgehead atoms. The van der Waals surface area contributed by atoms with Gasteiger partial charge in [-0.1, -0.05) is 18.2 Å². The van der Waals surface area contributed by atoms with E-state index in [1.54, 1.807) is 0 Å². The summed E-state index contributed by atoms with van der Waals surface area (Å²) in [4.78, 5) is 15.4. The van der Waals surface area contributed by atoms with E-state index in [-0.39, 0.29) is 5.60 Å². The minimum Gasteiger partial charge on any atom is -0.372 e. The number of anilines is 2. The highest BCUT2D eigenvalue weighted by atomic mass is 16.5. The average molecular weight is 447 g/mol. The minimum absolute atomic E-state index is 0.00893. The van der Waals surface area contributed by atoms with Crippen molar-refractivity contribution >= 4 is 28.8 Å². The van der Waals surface area contributed by atoms with Gasteiger partial charge in [-0.05, 0) is 58.4 Å². The van der Waals surface area contributed by atoms with E-state index in [9.17, 15) is 0 Å². The molecule has 2 fully saturated rings. The van der Waals surface area contributed by atoms with Crippen LogP contribution in [0.1, 0.15) is 63.8 Å². The lowest BCUT2D eigenvalue weighted by Gasteiger charge is -2.28. The van der Waals surface area contributed by atoms with Crippen molar-refractivity contribution in [1.29, 1.82) is 0 Å². The predicted octanol–water partition coefficient (Wildman–Crippen LogP) is 5.28. The molecule has 0 aliphatic carbocycles. The largest absolute Gasteiger partial charge is 0.372 e. The normalized spacial score (nSPS) is 20.7. The molecule has 33 heavy (non-hydrogen) atoms. The van der Waals surface area contributed by atoms with E-state index in [1.807, 2.05) is 30.6 Å². The number of nitrogens with zero attached hydrogens (tertiary/aromatic N) is 4. The summed E-state index contributed by atoms with van der Waals surface area (Å²) in [5.41, 5.74) is 5.30. The fourth-order valence-electron chi connectivity index (χ4n) is 4.88. The number of H-pyrrole nitrogens is 1. The number of nitrogens with one attached hydrogen (secondary N) is 2. The van der Waals surface area contributed by atoms with Crippen LogP contribution in [0.3, 0.4) is 0 Å². The topological polar surface area (TPSA) is 78.4 Å². The van der Waals surface area contributed by atoms with E-state index in [2.05, 4.69) is 46.4 Å². The number of rotatable bonds is 7. The van der Waals surface area contributed by atoms with E-state index in [0.29, 0.717) is 6.10 Å². The van der Waals surface area contributed by atoms with Gasteiger partial charge in [0.1, 0.15) is 11.6 Å². The van der Waals surface area contributed by atoms with Gasteiger partial charge in [-0.2, -0.15) is 5.10 Å². The monoisotopic (exact) mass is 446 g/mol.